The number of aryl methyl sites for hydroxylation is 2. The first-order valence-corrected chi connectivity index (χ1v) is 7.88. The molecule has 0 aliphatic rings. The zero-order chi connectivity index (χ0) is 15.7. The summed E-state index contributed by atoms with van der Waals surface area (Å²) in [4.78, 5) is 2.22. The van der Waals surface area contributed by atoms with Crippen LogP contribution in [-0.2, 0) is 16.0 Å². The summed E-state index contributed by atoms with van der Waals surface area (Å²) in [5, 5.41) is 4.55. The Kier molecular flexibility index (Phi) is 8.15. The highest BCUT2D eigenvalue weighted by molar-refractivity contribution is 5.66. The van der Waals surface area contributed by atoms with Crippen molar-refractivity contribution in [3.63, 3.8) is 0 Å². The molecular weight excluding hydrogens is 268 g/mol. The summed E-state index contributed by atoms with van der Waals surface area (Å²) in [7, 11) is 0. The van der Waals surface area contributed by atoms with Gasteiger partial charge in [0.05, 0.1) is 24.6 Å². The Hall–Kier alpha value is -1.27. The van der Waals surface area contributed by atoms with E-state index < -0.39 is 0 Å². The van der Waals surface area contributed by atoms with E-state index in [4.69, 9.17) is 15.2 Å². The maximum atomic E-state index is 6.24. The van der Waals surface area contributed by atoms with Crippen LogP contribution in [0.3, 0.4) is 0 Å². The SMILES string of the molecule is CCCn1nc(C)c(N)c1N(CCOCC)CCOCC. The fourth-order valence-electron chi connectivity index (χ4n) is 2.25. The second-order valence-corrected chi connectivity index (χ2v) is 4.93. The summed E-state index contributed by atoms with van der Waals surface area (Å²) < 4.78 is 13.0. The molecule has 6 nitrogen and oxygen atoms in total. The van der Waals surface area contributed by atoms with Crippen LogP contribution in [0, 0.1) is 6.92 Å². The highest BCUT2D eigenvalue weighted by Crippen LogP contribution is 2.26. The molecule has 1 rings (SSSR count). The molecular formula is C15H30N4O2. The molecule has 0 aromatic carbocycles. The third kappa shape index (κ3) is 5.21. The Labute approximate surface area is 128 Å². The van der Waals surface area contributed by atoms with Crippen LogP contribution in [0.25, 0.3) is 0 Å². The minimum atomic E-state index is 0.679. The monoisotopic (exact) mass is 298 g/mol. The van der Waals surface area contributed by atoms with Gasteiger partial charge in [-0.3, -0.25) is 0 Å². The number of nitrogens with zero attached hydrogens (tertiary/aromatic N) is 3. The van der Waals surface area contributed by atoms with Crippen molar-refractivity contribution in [2.75, 3.05) is 50.2 Å². The lowest BCUT2D eigenvalue weighted by Crippen LogP contribution is -2.33. The molecule has 122 valence electrons. The van der Waals surface area contributed by atoms with E-state index in [0.29, 0.717) is 13.2 Å². The Morgan fingerprint density at radius 1 is 1.10 bits per heavy atom. The number of hydrogen-bond acceptors (Lipinski definition) is 5. The second-order valence-electron chi connectivity index (χ2n) is 4.93. The molecule has 0 aliphatic carbocycles. The third-order valence-electron chi connectivity index (χ3n) is 3.30. The lowest BCUT2D eigenvalue weighted by atomic mass is 10.3. The van der Waals surface area contributed by atoms with Gasteiger partial charge in [0.2, 0.25) is 0 Å². The number of nitrogen functional groups attached to an aromatic ring is 1. The highest BCUT2D eigenvalue weighted by atomic mass is 16.5. The first-order valence-electron chi connectivity index (χ1n) is 7.88. The van der Waals surface area contributed by atoms with E-state index in [1.165, 1.54) is 0 Å². The van der Waals surface area contributed by atoms with E-state index in [9.17, 15) is 0 Å². The Balaban J connectivity index is 2.88. The molecule has 0 bridgehead atoms. The first kappa shape index (κ1) is 17.8. The summed E-state index contributed by atoms with van der Waals surface area (Å²) in [5.74, 6) is 0.994. The fourth-order valence-corrected chi connectivity index (χ4v) is 2.25. The van der Waals surface area contributed by atoms with Gasteiger partial charge in [-0.1, -0.05) is 6.92 Å². The van der Waals surface area contributed by atoms with Crippen LogP contribution >= 0.6 is 0 Å². The van der Waals surface area contributed by atoms with Gasteiger partial charge in [0, 0.05) is 32.8 Å². The summed E-state index contributed by atoms with van der Waals surface area (Å²) in [5.41, 5.74) is 7.88. The van der Waals surface area contributed by atoms with E-state index in [-0.39, 0.29) is 0 Å². The van der Waals surface area contributed by atoms with Crippen molar-refractivity contribution in [2.24, 2.45) is 0 Å². The molecule has 1 heterocycles. The zero-order valence-corrected chi connectivity index (χ0v) is 13.9. The van der Waals surface area contributed by atoms with Gasteiger partial charge in [0.15, 0.2) is 5.82 Å². The maximum absolute atomic E-state index is 6.24. The van der Waals surface area contributed by atoms with E-state index >= 15 is 0 Å². The van der Waals surface area contributed by atoms with Gasteiger partial charge in [-0.15, -0.1) is 0 Å². The van der Waals surface area contributed by atoms with Crippen molar-refractivity contribution in [3.8, 4) is 0 Å². The molecule has 1 aromatic rings. The van der Waals surface area contributed by atoms with Gasteiger partial charge in [-0.2, -0.15) is 5.10 Å². The number of nitrogens with two attached hydrogens (primary N) is 1. The highest BCUT2D eigenvalue weighted by Gasteiger charge is 2.18. The van der Waals surface area contributed by atoms with E-state index in [2.05, 4.69) is 16.9 Å². The number of anilines is 2. The van der Waals surface area contributed by atoms with Crippen LogP contribution in [0.2, 0.25) is 0 Å². The number of rotatable bonds is 11. The van der Waals surface area contributed by atoms with E-state index in [0.717, 1.165) is 56.5 Å². The summed E-state index contributed by atoms with van der Waals surface area (Å²) in [6, 6.07) is 0. The molecule has 0 spiro atoms. The predicted molar refractivity (Wildman–Crippen MR) is 86.9 cm³/mol. The predicted octanol–water partition coefficient (Wildman–Crippen LogP) is 2.06. The first-order chi connectivity index (χ1) is 10.2. The van der Waals surface area contributed by atoms with Crippen molar-refractivity contribution in [1.29, 1.82) is 0 Å². The lowest BCUT2D eigenvalue weighted by molar-refractivity contribution is 0.141. The van der Waals surface area contributed by atoms with Crippen LogP contribution in [0.15, 0.2) is 0 Å². The van der Waals surface area contributed by atoms with Gasteiger partial charge in [-0.05, 0) is 27.2 Å². The van der Waals surface area contributed by atoms with Crippen LogP contribution in [-0.4, -0.2) is 49.3 Å². The molecule has 2 N–H and O–H groups in total. The molecule has 0 atom stereocenters. The Morgan fingerprint density at radius 2 is 1.67 bits per heavy atom. The molecule has 0 amide bonds. The Bertz CT molecular complexity index is 397. The van der Waals surface area contributed by atoms with Crippen LogP contribution in [0.4, 0.5) is 11.5 Å². The average Bonchev–Trinajstić information content (AvgIpc) is 2.73. The fraction of sp³-hybridized carbons (Fsp3) is 0.800. The number of hydrogen-bond donors (Lipinski definition) is 1. The van der Waals surface area contributed by atoms with Crippen LogP contribution in [0.1, 0.15) is 32.9 Å². The second kappa shape index (κ2) is 9.63. The molecule has 0 fully saturated rings. The van der Waals surface area contributed by atoms with Gasteiger partial charge in [0.1, 0.15) is 0 Å². The van der Waals surface area contributed by atoms with Crippen molar-refractivity contribution in [3.05, 3.63) is 5.69 Å². The van der Waals surface area contributed by atoms with Crippen molar-refractivity contribution in [1.82, 2.24) is 9.78 Å². The molecule has 21 heavy (non-hydrogen) atoms. The molecule has 6 heteroatoms. The number of ether oxygens (including phenoxy) is 2. The maximum Gasteiger partial charge on any atom is 0.150 e. The van der Waals surface area contributed by atoms with E-state index in [1.807, 2.05) is 25.5 Å². The normalized spacial score (nSPS) is 11.0. The minimum Gasteiger partial charge on any atom is -0.394 e. The van der Waals surface area contributed by atoms with Gasteiger partial charge in [-0.25, -0.2) is 4.68 Å². The average molecular weight is 298 g/mol. The standard InChI is InChI=1S/C15H30N4O2/c1-5-8-19-15(14(16)13(4)17-19)18(9-11-20-6-2)10-12-21-7-3/h5-12,16H2,1-4H3. The molecule has 0 unspecified atom stereocenters. The lowest BCUT2D eigenvalue weighted by Gasteiger charge is -2.25. The van der Waals surface area contributed by atoms with Gasteiger partial charge >= 0.3 is 0 Å². The van der Waals surface area contributed by atoms with Crippen LogP contribution in [0.5, 0.6) is 0 Å². The smallest absolute Gasteiger partial charge is 0.150 e. The quantitative estimate of drug-likeness (QED) is 0.634. The molecule has 0 aliphatic heterocycles. The summed E-state index contributed by atoms with van der Waals surface area (Å²) >= 11 is 0. The molecule has 0 saturated carbocycles. The summed E-state index contributed by atoms with van der Waals surface area (Å²) in [6.45, 7) is 13.4. The topological polar surface area (TPSA) is 65.5 Å². The molecule has 0 radical (unpaired) electrons. The van der Waals surface area contributed by atoms with Gasteiger partial charge < -0.3 is 20.1 Å². The van der Waals surface area contributed by atoms with Crippen molar-refractivity contribution < 1.29 is 9.47 Å². The third-order valence-corrected chi connectivity index (χ3v) is 3.30. The van der Waals surface area contributed by atoms with Crippen LogP contribution < -0.4 is 10.6 Å². The molecule has 1 aromatic heterocycles. The summed E-state index contributed by atoms with van der Waals surface area (Å²) in [6.07, 6.45) is 1.03. The Morgan fingerprint density at radius 3 is 2.14 bits per heavy atom. The zero-order valence-electron chi connectivity index (χ0n) is 13.9. The van der Waals surface area contributed by atoms with E-state index in [1.54, 1.807) is 0 Å². The molecule has 0 saturated heterocycles. The van der Waals surface area contributed by atoms with Crippen molar-refractivity contribution in [2.45, 2.75) is 40.7 Å². The number of aromatic nitrogens is 2. The largest absolute Gasteiger partial charge is 0.394 e. The van der Waals surface area contributed by atoms with Crippen molar-refractivity contribution >= 4 is 11.5 Å². The van der Waals surface area contributed by atoms with Gasteiger partial charge in [0.25, 0.3) is 0 Å². The minimum absolute atomic E-state index is 0.679.